The Morgan fingerprint density at radius 2 is 1.11 bits per heavy atom. The number of hydrogen-bond acceptors (Lipinski definition) is 5. The smallest absolute Gasteiger partial charge is 0.460 e. The maximum atomic E-state index is 13.8. The van der Waals surface area contributed by atoms with Gasteiger partial charge in [0.25, 0.3) is 0 Å². The van der Waals surface area contributed by atoms with Gasteiger partial charge < -0.3 is 9.47 Å². The molecule has 2 aromatic rings. The lowest BCUT2D eigenvalue weighted by Gasteiger charge is -2.39. The van der Waals surface area contributed by atoms with Crippen LogP contribution in [-0.4, -0.2) is 60.3 Å². The summed E-state index contributed by atoms with van der Waals surface area (Å²) < 4.78 is 181. The lowest BCUT2D eigenvalue weighted by Crippen LogP contribution is -2.70. The molecule has 0 aromatic heterocycles. The van der Waals surface area contributed by atoms with Crippen molar-refractivity contribution < 1.29 is 71.3 Å². The van der Waals surface area contributed by atoms with Crippen LogP contribution in [0.4, 0.5) is 68.5 Å². The fraction of sp³-hybridized carbons (Fsp3) is 0.500. The lowest BCUT2D eigenvalue weighted by atomic mass is 9.93. The predicted octanol–water partition coefficient (Wildman–Crippen LogP) is 10.3. The summed E-state index contributed by atoms with van der Waals surface area (Å²) >= 11 is 3.33. The third kappa shape index (κ3) is 8.58. The molecule has 0 atom stereocenters. The lowest BCUT2D eigenvalue weighted by molar-refractivity contribution is -0.440. The summed E-state index contributed by atoms with van der Waals surface area (Å²) in [4.78, 5) is 12.0. The highest BCUT2D eigenvalue weighted by Crippen LogP contribution is 2.60. The largest absolute Gasteiger partial charge is 0.494 e. The van der Waals surface area contributed by atoms with Crippen molar-refractivity contribution in [3.05, 3.63) is 54.1 Å². The Morgan fingerprint density at radius 3 is 1.60 bits per heavy atom. The molecule has 5 nitrogen and oxygen atoms in total. The number of benzene rings is 2. The zero-order valence-corrected chi connectivity index (χ0v) is 24.1. The molecule has 0 amide bonds. The van der Waals surface area contributed by atoms with Crippen LogP contribution in [0.2, 0.25) is 0 Å². The van der Waals surface area contributed by atoms with Crippen LogP contribution in [0.25, 0.3) is 0 Å². The van der Waals surface area contributed by atoms with Crippen molar-refractivity contribution in [3.63, 3.8) is 0 Å². The summed E-state index contributed by atoms with van der Waals surface area (Å²) in [5, 5.41) is 8.74. The highest BCUT2D eigenvalue weighted by molar-refractivity contribution is 9.09. The van der Waals surface area contributed by atoms with E-state index >= 15 is 0 Å². The zero-order valence-electron chi connectivity index (χ0n) is 22.5. The minimum absolute atomic E-state index is 0.156. The number of halogens is 14. The number of alkyl halides is 14. The molecule has 0 saturated carbocycles. The van der Waals surface area contributed by atoms with Crippen molar-refractivity contribution in [2.24, 2.45) is 10.2 Å². The van der Waals surface area contributed by atoms with Gasteiger partial charge in [-0.2, -0.15) is 67.3 Å². The summed E-state index contributed by atoms with van der Waals surface area (Å²) in [6.45, 7) is -1.32. The van der Waals surface area contributed by atoms with Crippen LogP contribution in [0.3, 0.4) is 0 Å². The van der Waals surface area contributed by atoms with Gasteiger partial charge in [0.15, 0.2) is 0 Å². The summed E-state index contributed by atoms with van der Waals surface area (Å²) in [6, 6.07) is 10.9. The van der Waals surface area contributed by atoms with Crippen molar-refractivity contribution in [3.8, 4) is 5.75 Å². The van der Waals surface area contributed by atoms with E-state index in [9.17, 15) is 61.9 Å². The summed E-state index contributed by atoms with van der Waals surface area (Å²) in [5.41, 5.74) is 0.153. The Hall–Kier alpha value is -3.12. The topological polar surface area (TPSA) is 60.2 Å². The van der Waals surface area contributed by atoms with Crippen molar-refractivity contribution in [2.75, 3.05) is 18.5 Å². The van der Waals surface area contributed by atoms with Gasteiger partial charge in [-0.15, -0.1) is 0 Å². The maximum absolute atomic E-state index is 13.8. The molecule has 19 heteroatoms. The van der Waals surface area contributed by atoms with E-state index in [4.69, 9.17) is 4.74 Å². The van der Waals surface area contributed by atoms with Crippen LogP contribution >= 0.6 is 15.9 Å². The molecule has 0 N–H and O–H groups in total. The molecule has 0 saturated heterocycles. The zero-order chi connectivity index (χ0) is 34.3. The summed E-state index contributed by atoms with van der Waals surface area (Å²) in [6.07, 6.45) is -7.26. The summed E-state index contributed by atoms with van der Waals surface area (Å²) in [7, 11) is 0. The van der Waals surface area contributed by atoms with Crippen molar-refractivity contribution in [1.29, 1.82) is 0 Å². The fourth-order valence-corrected chi connectivity index (χ4v) is 3.66. The van der Waals surface area contributed by atoms with Gasteiger partial charge in [-0.05, 0) is 67.8 Å². The first kappa shape index (κ1) is 38.1. The third-order valence-corrected chi connectivity index (χ3v) is 6.48. The van der Waals surface area contributed by atoms with Gasteiger partial charge >= 0.3 is 41.8 Å². The first-order valence-corrected chi connectivity index (χ1v) is 13.7. The van der Waals surface area contributed by atoms with Gasteiger partial charge in [-0.3, -0.25) is 0 Å². The monoisotopic (exact) mass is 736 g/mol. The Morgan fingerprint density at radius 1 is 0.622 bits per heavy atom. The molecular weight excluding hydrogens is 715 g/mol. The van der Waals surface area contributed by atoms with E-state index in [-0.39, 0.29) is 5.69 Å². The van der Waals surface area contributed by atoms with E-state index in [0.717, 1.165) is 36.7 Å². The van der Waals surface area contributed by atoms with E-state index < -0.39 is 60.3 Å². The molecule has 0 aliphatic carbocycles. The number of azo groups is 1. The van der Waals surface area contributed by atoms with E-state index in [1.165, 1.54) is 12.1 Å². The second-order valence-electron chi connectivity index (χ2n) is 9.22. The standard InChI is InChI=1S/C26H22BrF13N2O3/c27-13-2-1-3-14-44-19-10-8-18(9-11-19)42-41-17-6-4-16(5-7-17)20(43)45-15-12-21(28,29)22(30,31)23(32,33)24(34,35)25(36,37)26(38,39)40/h4-11H,1-3,12-15H2. The minimum atomic E-state index is -7.99. The first-order valence-electron chi connectivity index (χ1n) is 12.6. The molecule has 0 heterocycles. The number of rotatable bonds is 16. The SMILES string of the molecule is O=C(OCCC(F)(F)C(F)(F)C(F)(F)C(F)(F)C(F)(F)C(F)(F)F)c1ccc(N=Nc2ccc(OCCCCCBr)cc2)cc1. The van der Waals surface area contributed by atoms with Crippen molar-refractivity contribution >= 4 is 33.3 Å². The van der Waals surface area contributed by atoms with Crippen LogP contribution in [0.5, 0.6) is 5.75 Å². The van der Waals surface area contributed by atoms with E-state index in [0.29, 0.717) is 18.0 Å². The molecule has 0 aliphatic rings. The van der Waals surface area contributed by atoms with Crippen LogP contribution < -0.4 is 4.74 Å². The number of carbonyl (C=O) groups excluding carboxylic acids is 1. The molecule has 0 spiro atoms. The molecule has 45 heavy (non-hydrogen) atoms. The number of carbonyl (C=O) groups is 1. The fourth-order valence-electron chi connectivity index (χ4n) is 3.27. The second-order valence-corrected chi connectivity index (χ2v) is 10.0. The molecule has 2 rings (SSSR count). The Kier molecular flexibility index (Phi) is 12.3. The highest BCUT2D eigenvalue weighted by Gasteiger charge is 2.90. The van der Waals surface area contributed by atoms with E-state index in [2.05, 4.69) is 30.9 Å². The van der Waals surface area contributed by atoms with Crippen LogP contribution in [0.1, 0.15) is 36.0 Å². The van der Waals surface area contributed by atoms with Gasteiger partial charge in [0.05, 0.1) is 36.6 Å². The number of ether oxygens (including phenoxy) is 2. The molecule has 0 fully saturated rings. The van der Waals surface area contributed by atoms with Gasteiger partial charge in [-0.25, -0.2) is 4.79 Å². The minimum Gasteiger partial charge on any atom is -0.494 e. The molecular formula is C26H22BrF13N2O3. The van der Waals surface area contributed by atoms with E-state index in [1.54, 1.807) is 24.3 Å². The number of unbranched alkanes of at least 4 members (excludes halogenated alkanes) is 2. The van der Waals surface area contributed by atoms with Gasteiger partial charge in [-0.1, -0.05) is 15.9 Å². The van der Waals surface area contributed by atoms with Crippen molar-refractivity contribution in [2.45, 2.75) is 61.5 Å². The average molecular weight is 737 g/mol. The Bertz CT molecular complexity index is 1290. The van der Waals surface area contributed by atoms with Crippen molar-refractivity contribution in [1.82, 2.24) is 0 Å². The average Bonchev–Trinajstić information content (AvgIpc) is 2.95. The first-order chi connectivity index (χ1) is 20.6. The molecule has 2 aromatic carbocycles. The second kappa shape index (κ2) is 14.5. The molecule has 0 unspecified atom stereocenters. The van der Waals surface area contributed by atoms with Crippen LogP contribution in [0.15, 0.2) is 58.8 Å². The predicted molar refractivity (Wildman–Crippen MR) is 136 cm³/mol. The number of nitrogens with zero attached hydrogens (tertiary/aromatic N) is 2. The Labute approximate surface area is 254 Å². The van der Waals surface area contributed by atoms with Gasteiger partial charge in [0.2, 0.25) is 0 Å². The van der Waals surface area contributed by atoms with Gasteiger partial charge in [0, 0.05) is 5.33 Å². The maximum Gasteiger partial charge on any atom is 0.460 e. The molecule has 252 valence electrons. The number of esters is 1. The normalized spacial score (nSPS) is 13.7. The molecule has 0 radical (unpaired) electrons. The van der Waals surface area contributed by atoms with Crippen LogP contribution in [-0.2, 0) is 4.74 Å². The highest BCUT2D eigenvalue weighted by atomic mass is 79.9. The summed E-state index contributed by atoms with van der Waals surface area (Å²) in [5.74, 6) is -38.4. The molecule has 0 aliphatic heterocycles. The van der Waals surface area contributed by atoms with Crippen LogP contribution in [0, 0.1) is 0 Å². The Balaban J connectivity index is 1.98. The van der Waals surface area contributed by atoms with Gasteiger partial charge in [0.1, 0.15) is 5.75 Å². The van der Waals surface area contributed by atoms with E-state index in [1.807, 2.05) is 0 Å². The molecule has 0 bridgehead atoms. The quantitative estimate of drug-likeness (QED) is 0.0567. The third-order valence-electron chi connectivity index (χ3n) is 5.91. The number of hydrogen-bond donors (Lipinski definition) is 0.